The van der Waals surface area contributed by atoms with Gasteiger partial charge in [-0.05, 0) is 24.1 Å². The summed E-state index contributed by atoms with van der Waals surface area (Å²) >= 11 is 0. The normalized spacial score (nSPS) is 32.7. The number of carbonyl (C=O) groups is 2. The molecule has 16 nitrogen and oxygen atoms in total. The summed E-state index contributed by atoms with van der Waals surface area (Å²) in [5.74, 6) is -5.34. The lowest BCUT2D eigenvalue weighted by atomic mass is 9.88. The number of benzene rings is 2. The maximum absolute atomic E-state index is 13.5. The number of carbonyl (C=O) groups excluding carboxylic acids is 1. The third kappa shape index (κ3) is 6.37. The van der Waals surface area contributed by atoms with Gasteiger partial charge in [-0.1, -0.05) is 12.1 Å². The quantitative estimate of drug-likeness (QED) is 0.129. The highest BCUT2D eigenvalue weighted by Gasteiger charge is 2.50. The largest absolute Gasteiger partial charge is 0.508 e. The van der Waals surface area contributed by atoms with Crippen LogP contribution in [0.15, 0.2) is 30.3 Å². The lowest BCUT2D eigenvalue weighted by Crippen LogP contribution is -2.61. The molecule has 0 aliphatic carbocycles. The van der Waals surface area contributed by atoms with Gasteiger partial charge in [-0.25, -0.2) is 4.79 Å². The van der Waals surface area contributed by atoms with Gasteiger partial charge in [-0.2, -0.15) is 0 Å². The Balaban J connectivity index is 1.82. The van der Waals surface area contributed by atoms with Gasteiger partial charge in [0.05, 0.1) is 12.2 Å². The highest BCUT2D eigenvalue weighted by Crippen LogP contribution is 2.47. The van der Waals surface area contributed by atoms with Gasteiger partial charge >= 0.3 is 5.97 Å². The van der Waals surface area contributed by atoms with E-state index in [-0.39, 0.29) is 18.6 Å². The third-order valence-electron chi connectivity index (χ3n) is 7.33. The predicted molar refractivity (Wildman–Crippen MR) is 138 cm³/mol. The molecule has 0 aromatic heterocycles. The maximum atomic E-state index is 13.5. The molecule has 0 radical (unpaired) electrons. The Kier molecular flexibility index (Phi) is 9.75. The number of aryl methyl sites for hydroxylation is 1. The van der Waals surface area contributed by atoms with E-state index >= 15 is 0 Å². The van der Waals surface area contributed by atoms with Gasteiger partial charge in [0.25, 0.3) is 0 Å². The van der Waals surface area contributed by atoms with Crippen LogP contribution in [-0.2, 0) is 20.7 Å². The number of hydrogen-bond donors (Lipinski definition) is 11. The molecule has 236 valence electrons. The highest BCUT2D eigenvalue weighted by atomic mass is 16.7. The number of aliphatic hydroxyl groups excluding tert-OH is 7. The van der Waals surface area contributed by atoms with E-state index in [1.54, 1.807) is 6.07 Å². The number of carboxylic acids is 1. The van der Waals surface area contributed by atoms with Crippen LogP contribution in [0.4, 0.5) is 0 Å². The molecule has 2 aliphatic rings. The lowest BCUT2D eigenvalue weighted by Gasteiger charge is -2.42. The second kappa shape index (κ2) is 13.0. The Morgan fingerprint density at radius 2 is 1.49 bits per heavy atom. The van der Waals surface area contributed by atoms with Crippen LogP contribution in [-0.4, -0.2) is 130 Å². The van der Waals surface area contributed by atoms with E-state index in [9.17, 15) is 65.8 Å². The zero-order valence-electron chi connectivity index (χ0n) is 22.2. The SMILES string of the molecule is O=C(CCc1cccc(O)c1)c1c(O)cc(O)c(C2OC(CO)C(O)C(O)C2O)c1OC1OC(C(=O)O)C(O)C(O)C1O. The Morgan fingerprint density at radius 3 is 2.12 bits per heavy atom. The molecular formula is C27H32O16. The molecular weight excluding hydrogens is 580 g/mol. The fraction of sp³-hybridized carbons (Fsp3) is 0.481. The van der Waals surface area contributed by atoms with Gasteiger partial charge in [-0.15, -0.1) is 0 Å². The Morgan fingerprint density at radius 1 is 0.814 bits per heavy atom. The van der Waals surface area contributed by atoms with Gasteiger partial charge in [0.1, 0.15) is 77.4 Å². The Bertz CT molecular complexity index is 1330. The van der Waals surface area contributed by atoms with Crippen molar-refractivity contribution in [2.75, 3.05) is 6.61 Å². The van der Waals surface area contributed by atoms with Crippen LogP contribution in [0, 0.1) is 0 Å². The number of carboxylic acid groups (broad SMARTS) is 1. The first-order valence-corrected chi connectivity index (χ1v) is 13.1. The van der Waals surface area contributed by atoms with Crippen molar-refractivity contribution < 1.29 is 80.0 Å². The molecule has 0 saturated carbocycles. The summed E-state index contributed by atoms with van der Waals surface area (Å²) in [5.41, 5.74) is -0.817. The molecule has 0 spiro atoms. The molecule has 2 aromatic carbocycles. The van der Waals surface area contributed by atoms with E-state index in [4.69, 9.17) is 14.2 Å². The van der Waals surface area contributed by atoms with Gasteiger partial charge in [0, 0.05) is 12.5 Å². The van der Waals surface area contributed by atoms with Gasteiger partial charge in [-0.3, -0.25) is 4.79 Å². The summed E-state index contributed by atoms with van der Waals surface area (Å²) in [4.78, 5) is 25.1. The molecule has 16 heteroatoms. The summed E-state index contributed by atoms with van der Waals surface area (Å²) in [6.45, 7) is -0.874. The molecule has 0 amide bonds. The van der Waals surface area contributed by atoms with E-state index in [1.807, 2.05) is 0 Å². The number of ether oxygens (including phenoxy) is 3. The fourth-order valence-corrected chi connectivity index (χ4v) is 5.01. The molecule has 2 heterocycles. The third-order valence-corrected chi connectivity index (χ3v) is 7.33. The first-order valence-electron chi connectivity index (χ1n) is 13.1. The summed E-state index contributed by atoms with van der Waals surface area (Å²) in [5, 5.41) is 113. The number of phenolic OH excluding ortho intramolecular Hbond substituents is 3. The standard InChI is InChI=1S/C27H32O16/c28-8-14-17(33)18(34)20(36)24(41-14)16-13(32)7-12(31)15(11(30)5-4-9-2-1-3-10(29)6-9)23(16)42-27-22(38)19(35)21(37)25(43-27)26(39)40/h1-3,6-7,14,17-22,24-25,27-29,31-38H,4-5,8H2,(H,39,40). The molecule has 0 bridgehead atoms. The summed E-state index contributed by atoms with van der Waals surface area (Å²) < 4.78 is 16.3. The molecule has 2 aliphatic heterocycles. The smallest absolute Gasteiger partial charge is 0.335 e. The number of Topliss-reactive ketones (excluding diaryl/α,β-unsaturated/α-hetero) is 1. The second-order valence-electron chi connectivity index (χ2n) is 10.2. The van der Waals surface area contributed by atoms with Gasteiger partial charge < -0.3 is 70.4 Å². The second-order valence-corrected chi connectivity index (χ2v) is 10.2. The van der Waals surface area contributed by atoms with Crippen LogP contribution >= 0.6 is 0 Å². The number of phenols is 3. The average molecular weight is 613 g/mol. The van der Waals surface area contributed by atoms with Crippen LogP contribution in [0.25, 0.3) is 0 Å². The van der Waals surface area contributed by atoms with E-state index in [0.29, 0.717) is 11.6 Å². The number of hydrogen-bond acceptors (Lipinski definition) is 15. The van der Waals surface area contributed by atoms with E-state index in [0.717, 1.165) is 0 Å². The van der Waals surface area contributed by atoms with Crippen molar-refractivity contribution in [3.05, 3.63) is 47.0 Å². The van der Waals surface area contributed by atoms with Gasteiger partial charge in [0.2, 0.25) is 6.29 Å². The molecule has 11 N–H and O–H groups in total. The fourth-order valence-electron chi connectivity index (χ4n) is 5.01. The van der Waals surface area contributed by atoms with Crippen molar-refractivity contribution in [2.45, 2.75) is 74.1 Å². The first-order chi connectivity index (χ1) is 20.3. The number of rotatable bonds is 9. The van der Waals surface area contributed by atoms with Crippen LogP contribution in [0.3, 0.4) is 0 Å². The zero-order chi connectivity index (χ0) is 31.7. The Hall–Kier alpha value is -3.58. The zero-order valence-corrected chi connectivity index (χ0v) is 22.2. The van der Waals surface area contributed by atoms with Crippen molar-refractivity contribution >= 4 is 11.8 Å². The molecule has 2 saturated heterocycles. The minimum Gasteiger partial charge on any atom is -0.508 e. The monoisotopic (exact) mass is 612 g/mol. The number of aliphatic hydroxyl groups is 7. The number of ketones is 1. The molecule has 2 fully saturated rings. The van der Waals surface area contributed by atoms with Gasteiger partial charge in [0.15, 0.2) is 11.9 Å². The summed E-state index contributed by atoms with van der Waals surface area (Å²) in [6, 6.07) is 6.60. The van der Waals surface area contributed by atoms with Crippen LogP contribution in [0.2, 0.25) is 0 Å². The average Bonchev–Trinajstić information content (AvgIpc) is 2.95. The van der Waals surface area contributed by atoms with Crippen LogP contribution in [0.5, 0.6) is 23.0 Å². The minimum atomic E-state index is -2.16. The maximum Gasteiger partial charge on any atom is 0.335 e. The summed E-state index contributed by atoms with van der Waals surface area (Å²) in [7, 11) is 0. The minimum absolute atomic E-state index is 0.0108. The van der Waals surface area contributed by atoms with Crippen molar-refractivity contribution in [2.24, 2.45) is 0 Å². The van der Waals surface area contributed by atoms with E-state index in [1.165, 1.54) is 18.2 Å². The molecule has 2 aromatic rings. The molecule has 43 heavy (non-hydrogen) atoms. The van der Waals surface area contributed by atoms with E-state index in [2.05, 4.69) is 0 Å². The Labute approximate surface area is 242 Å². The number of aromatic hydroxyl groups is 3. The highest BCUT2D eigenvalue weighted by molar-refractivity contribution is 6.02. The van der Waals surface area contributed by atoms with Crippen molar-refractivity contribution in [3.63, 3.8) is 0 Å². The van der Waals surface area contributed by atoms with Crippen LogP contribution < -0.4 is 4.74 Å². The molecule has 10 atom stereocenters. The molecule has 10 unspecified atom stereocenters. The van der Waals surface area contributed by atoms with E-state index < -0.39 is 108 Å². The van der Waals surface area contributed by atoms with Crippen molar-refractivity contribution in [1.82, 2.24) is 0 Å². The first kappa shape index (κ1) is 32.3. The molecule has 4 rings (SSSR count). The van der Waals surface area contributed by atoms with Crippen molar-refractivity contribution in [3.8, 4) is 23.0 Å². The number of aliphatic carboxylic acids is 1. The topological polar surface area (TPSA) is 284 Å². The van der Waals surface area contributed by atoms with Crippen molar-refractivity contribution in [1.29, 1.82) is 0 Å². The van der Waals surface area contributed by atoms with Crippen LogP contribution in [0.1, 0.15) is 34.0 Å². The lowest BCUT2D eigenvalue weighted by molar-refractivity contribution is -0.272. The predicted octanol–water partition coefficient (Wildman–Crippen LogP) is -2.60. The summed E-state index contributed by atoms with van der Waals surface area (Å²) in [6.07, 6.45) is -20.3.